The third-order valence-corrected chi connectivity index (χ3v) is 5.02. The fourth-order valence-electron chi connectivity index (χ4n) is 2.48. The number of rotatable bonds is 6. The van der Waals surface area contributed by atoms with Gasteiger partial charge in [-0.25, -0.2) is 28.0 Å². The van der Waals surface area contributed by atoms with Gasteiger partial charge in [-0.2, -0.15) is 0 Å². The minimum Gasteiger partial charge on any atom is -0.477 e. The van der Waals surface area contributed by atoms with Crippen LogP contribution in [0.5, 0.6) is 0 Å². The molecule has 1 aromatic heterocycles. The Balaban J connectivity index is 0.000000404. The van der Waals surface area contributed by atoms with E-state index in [1.165, 1.54) is 24.4 Å². The van der Waals surface area contributed by atoms with Gasteiger partial charge in [0.15, 0.2) is 0 Å². The van der Waals surface area contributed by atoms with E-state index < -0.39 is 16.0 Å². The molecule has 0 atom stereocenters. The summed E-state index contributed by atoms with van der Waals surface area (Å²) in [5.41, 5.74) is 3.41. The molecular formula is C20H21Cl2N3O5S. The number of hydrogen-bond donors (Lipinski definition) is 3. The Kier molecular flexibility index (Phi) is 10.4. The van der Waals surface area contributed by atoms with Crippen LogP contribution in [0.3, 0.4) is 0 Å². The minimum absolute atomic E-state index is 0. The highest BCUT2D eigenvalue weighted by atomic mass is 35.5. The Bertz CT molecular complexity index is 1100. The monoisotopic (exact) mass is 485 g/mol. The summed E-state index contributed by atoms with van der Waals surface area (Å²) < 4.78 is 25.1. The summed E-state index contributed by atoms with van der Waals surface area (Å²) in [7, 11) is -3.68. The van der Waals surface area contributed by atoms with Crippen molar-refractivity contribution in [2.75, 3.05) is 10.6 Å². The van der Waals surface area contributed by atoms with Crippen molar-refractivity contribution in [2.45, 2.75) is 6.54 Å². The number of hydroxylamine groups is 1. The molecule has 3 N–H and O–H groups in total. The molecule has 0 saturated heterocycles. The van der Waals surface area contributed by atoms with Gasteiger partial charge < -0.3 is 10.3 Å². The van der Waals surface area contributed by atoms with Gasteiger partial charge in [-0.15, -0.1) is 12.4 Å². The van der Waals surface area contributed by atoms with E-state index in [-0.39, 0.29) is 23.8 Å². The van der Waals surface area contributed by atoms with Gasteiger partial charge >= 0.3 is 5.97 Å². The Morgan fingerprint density at radius 1 is 1.06 bits per heavy atom. The van der Waals surface area contributed by atoms with Crippen molar-refractivity contribution in [3.8, 4) is 0 Å². The van der Waals surface area contributed by atoms with Gasteiger partial charge in [-0.3, -0.25) is 0 Å². The van der Waals surface area contributed by atoms with Gasteiger partial charge in [0.05, 0.1) is 17.6 Å². The predicted molar refractivity (Wildman–Crippen MR) is 122 cm³/mol. The maximum Gasteiger partial charge on any atom is 0.354 e. The van der Waals surface area contributed by atoms with Crippen molar-refractivity contribution in [1.29, 1.82) is 0 Å². The number of aromatic carboxylic acids is 1. The van der Waals surface area contributed by atoms with Crippen LogP contribution in [-0.2, 0) is 16.6 Å². The highest BCUT2D eigenvalue weighted by Gasteiger charge is 2.21. The van der Waals surface area contributed by atoms with Crippen molar-refractivity contribution in [2.24, 2.45) is 0 Å². The van der Waals surface area contributed by atoms with E-state index in [9.17, 15) is 13.2 Å². The summed E-state index contributed by atoms with van der Waals surface area (Å²) in [5, 5.41) is 17.6. The average Bonchev–Trinajstić information content (AvgIpc) is 2.69. The number of benzene rings is 2. The Morgan fingerprint density at radius 3 is 2.26 bits per heavy atom. The van der Waals surface area contributed by atoms with Crippen LogP contribution in [0.25, 0.3) is 0 Å². The van der Waals surface area contributed by atoms with E-state index in [2.05, 4.69) is 10.5 Å². The highest BCUT2D eigenvalue weighted by Crippen LogP contribution is 2.30. The van der Waals surface area contributed by atoms with Crippen molar-refractivity contribution in [1.82, 2.24) is 10.5 Å². The van der Waals surface area contributed by atoms with Gasteiger partial charge in [0.2, 0.25) is 10.0 Å². The van der Waals surface area contributed by atoms with Gasteiger partial charge in [-0.1, -0.05) is 48.0 Å². The SMILES string of the molecule is CS(=O)(=O)N(c1cccc(Cl)c1)c1ccnc(C(=O)O)c1.Cl.ONCc1ccccc1. The number of carboxylic acid groups (broad SMARTS) is 1. The zero-order chi connectivity index (χ0) is 22.1. The lowest BCUT2D eigenvalue weighted by Gasteiger charge is -2.22. The standard InChI is InChI=1S/C13H11ClN2O4S.C7H9NO.ClH/c1-21(19,20)16(10-4-2-3-9(14)7-10)11-5-6-15-12(8-11)13(17)18;9-8-6-7-4-2-1-3-5-7;/h2-8H,1H3,(H,17,18);1-5,8-9H,6H2;1H. The number of anilines is 2. The quantitative estimate of drug-likeness (QED) is 0.449. The fraction of sp³-hybridized carbons (Fsp3) is 0.100. The Hall–Kier alpha value is -2.69. The third kappa shape index (κ3) is 8.16. The van der Waals surface area contributed by atoms with Crippen LogP contribution in [0.15, 0.2) is 72.9 Å². The summed E-state index contributed by atoms with van der Waals surface area (Å²) in [4.78, 5) is 14.6. The molecule has 8 nitrogen and oxygen atoms in total. The molecule has 0 aliphatic heterocycles. The number of aromatic nitrogens is 1. The number of nitrogens with one attached hydrogen (secondary N) is 1. The molecule has 0 saturated carbocycles. The van der Waals surface area contributed by atoms with Crippen LogP contribution in [-0.4, -0.2) is 35.9 Å². The summed E-state index contributed by atoms with van der Waals surface area (Å²) in [5.74, 6) is -1.24. The number of carbonyl (C=O) groups is 1. The topological polar surface area (TPSA) is 120 Å². The van der Waals surface area contributed by atoms with Gasteiger partial charge in [0, 0.05) is 17.8 Å². The van der Waals surface area contributed by atoms with E-state index in [1.54, 1.807) is 18.2 Å². The van der Waals surface area contributed by atoms with Gasteiger partial charge in [0.1, 0.15) is 5.69 Å². The summed E-state index contributed by atoms with van der Waals surface area (Å²) in [6.45, 7) is 0.515. The fourth-order valence-corrected chi connectivity index (χ4v) is 3.66. The molecule has 0 unspecified atom stereocenters. The van der Waals surface area contributed by atoms with E-state index in [1.807, 2.05) is 30.3 Å². The molecule has 0 aliphatic carbocycles. The van der Waals surface area contributed by atoms with Crippen LogP contribution in [0.2, 0.25) is 5.02 Å². The molecule has 3 rings (SSSR count). The minimum atomic E-state index is -3.68. The van der Waals surface area contributed by atoms with Gasteiger partial charge in [-0.05, 0) is 35.9 Å². The predicted octanol–water partition coefficient (Wildman–Crippen LogP) is 4.12. The van der Waals surface area contributed by atoms with Crippen LogP contribution in [0, 0.1) is 0 Å². The smallest absolute Gasteiger partial charge is 0.354 e. The number of sulfonamides is 1. The average molecular weight is 486 g/mol. The van der Waals surface area contributed by atoms with E-state index in [0.717, 1.165) is 16.1 Å². The van der Waals surface area contributed by atoms with Crippen molar-refractivity contribution >= 4 is 51.4 Å². The number of nitrogens with zero attached hydrogens (tertiary/aromatic N) is 2. The molecule has 1 heterocycles. The zero-order valence-corrected chi connectivity index (χ0v) is 18.7. The van der Waals surface area contributed by atoms with Crippen molar-refractivity contribution in [3.05, 3.63) is 89.2 Å². The normalized spacial score (nSPS) is 10.3. The first-order chi connectivity index (χ1) is 14.2. The first kappa shape index (κ1) is 26.3. The van der Waals surface area contributed by atoms with E-state index in [0.29, 0.717) is 17.3 Å². The second kappa shape index (κ2) is 12.2. The van der Waals surface area contributed by atoms with Crippen LogP contribution in [0.1, 0.15) is 16.1 Å². The number of carboxylic acids is 1. The Morgan fingerprint density at radius 2 is 1.71 bits per heavy atom. The first-order valence-electron chi connectivity index (χ1n) is 8.58. The number of hydrogen-bond acceptors (Lipinski definition) is 6. The maximum absolute atomic E-state index is 12.0. The molecule has 0 aliphatic rings. The van der Waals surface area contributed by atoms with Crippen LogP contribution < -0.4 is 9.79 Å². The van der Waals surface area contributed by atoms with Gasteiger partial charge in [0.25, 0.3) is 0 Å². The lowest BCUT2D eigenvalue weighted by Crippen LogP contribution is -2.25. The molecule has 0 spiro atoms. The maximum atomic E-state index is 12.0. The van der Waals surface area contributed by atoms with Crippen molar-refractivity contribution < 1.29 is 23.5 Å². The summed E-state index contributed by atoms with van der Waals surface area (Å²) >= 11 is 5.88. The van der Waals surface area contributed by atoms with E-state index >= 15 is 0 Å². The molecule has 0 radical (unpaired) electrons. The van der Waals surface area contributed by atoms with Crippen molar-refractivity contribution in [3.63, 3.8) is 0 Å². The molecular weight excluding hydrogens is 465 g/mol. The molecule has 2 aromatic carbocycles. The second-order valence-corrected chi connectivity index (χ2v) is 8.30. The summed E-state index contributed by atoms with van der Waals surface area (Å²) in [6, 6.07) is 18.6. The first-order valence-corrected chi connectivity index (χ1v) is 10.8. The number of pyridine rings is 1. The largest absolute Gasteiger partial charge is 0.477 e. The Labute approximate surface area is 191 Å². The molecule has 11 heteroatoms. The zero-order valence-electron chi connectivity index (χ0n) is 16.3. The third-order valence-electron chi connectivity index (χ3n) is 3.70. The lowest BCUT2D eigenvalue weighted by molar-refractivity contribution is 0.0690. The molecule has 0 amide bonds. The molecule has 0 bridgehead atoms. The van der Waals surface area contributed by atoms with Crippen LogP contribution in [0.4, 0.5) is 11.4 Å². The lowest BCUT2D eigenvalue weighted by atomic mass is 10.2. The number of halogens is 2. The summed E-state index contributed by atoms with van der Waals surface area (Å²) in [6.07, 6.45) is 2.26. The molecule has 3 aromatic rings. The van der Waals surface area contributed by atoms with Crippen LogP contribution >= 0.6 is 24.0 Å². The van der Waals surface area contributed by atoms with E-state index in [4.69, 9.17) is 21.9 Å². The highest BCUT2D eigenvalue weighted by molar-refractivity contribution is 7.92. The second-order valence-electron chi connectivity index (χ2n) is 6.03. The molecule has 0 fully saturated rings. The molecule has 166 valence electrons. The molecule has 31 heavy (non-hydrogen) atoms.